The average Bonchev–Trinajstić information content (AvgIpc) is 2.94. The van der Waals surface area contributed by atoms with Gasteiger partial charge in [0.25, 0.3) is 0 Å². The van der Waals surface area contributed by atoms with Crippen LogP contribution in [0.5, 0.6) is 0 Å². The van der Waals surface area contributed by atoms with Crippen LogP contribution in [0.3, 0.4) is 0 Å². The summed E-state index contributed by atoms with van der Waals surface area (Å²) in [6.07, 6.45) is 4.85. The first-order valence-electron chi connectivity index (χ1n) is 5.69. The van der Waals surface area contributed by atoms with Gasteiger partial charge in [0.05, 0.1) is 6.54 Å². The van der Waals surface area contributed by atoms with Crippen molar-refractivity contribution >= 4 is 5.82 Å². The first-order chi connectivity index (χ1) is 8.33. The third-order valence-electron chi connectivity index (χ3n) is 2.85. The SMILES string of the molecule is Cc1noc(CNc2ncnc3c2CCC3)n1. The van der Waals surface area contributed by atoms with Crippen LogP contribution in [-0.2, 0) is 19.4 Å². The predicted molar refractivity (Wildman–Crippen MR) is 60.4 cm³/mol. The Balaban J connectivity index is 1.75. The van der Waals surface area contributed by atoms with Crippen molar-refractivity contribution in [3.05, 3.63) is 29.3 Å². The fourth-order valence-electron chi connectivity index (χ4n) is 2.08. The van der Waals surface area contributed by atoms with Gasteiger partial charge in [0.1, 0.15) is 12.1 Å². The number of rotatable bonds is 3. The Morgan fingerprint density at radius 2 is 2.29 bits per heavy atom. The van der Waals surface area contributed by atoms with Crippen molar-refractivity contribution in [2.24, 2.45) is 0 Å². The molecule has 0 aliphatic heterocycles. The zero-order chi connectivity index (χ0) is 11.7. The van der Waals surface area contributed by atoms with E-state index in [1.165, 1.54) is 5.56 Å². The van der Waals surface area contributed by atoms with Crippen molar-refractivity contribution in [2.45, 2.75) is 32.7 Å². The highest BCUT2D eigenvalue weighted by molar-refractivity contribution is 5.47. The van der Waals surface area contributed by atoms with Crippen LogP contribution < -0.4 is 5.32 Å². The zero-order valence-electron chi connectivity index (χ0n) is 9.60. The standard InChI is InChI=1S/C11H13N5O/c1-7-15-10(17-16-7)5-12-11-8-3-2-4-9(8)13-6-14-11/h6H,2-5H2,1H3,(H,12,13,14). The third-order valence-corrected chi connectivity index (χ3v) is 2.85. The number of hydrogen-bond donors (Lipinski definition) is 1. The summed E-state index contributed by atoms with van der Waals surface area (Å²) in [4.78, 5) is 12.7. The van der Waals surface area contributed by atoms with E-state index in [2.05, 4.69) is 25.4 Å². The minimum absolute atomic E-state index is 0.504. The van der Waals surface area contributed by atoms with Crippen LogP contribution in [0.1, 0.15) is 29.4 Å². The molecule has 2 heterocycles. The Morgan fingerprint density at radius 3 is 3.12 bits per heavy atom. The van der Waals surface area contributed by atoms with Crippen molar-refractivity contribution in [2.75, 3.05) is 5.32 Å². The Labute approximate surface area is 98.5 Å². The molecular weight excluding hydrogens is 218 g/mol. The number of aromatic nitrogens is 4. The van der Waals surface area contributed by atoms with Crippen molar-refractivity contribution in [1.29, 1.82) is 0 Å². The molecule has 1 N–H and O–H groups in total. The molecule has 6 nitrogen and oxygen atoms in total. The maximum atomic E-state index is 5.04. The van der Waals surface area contributed by atoms with Gasteiger partial charge >= 0.3 is 0 Å². The summed E-state index contributed by atoms with van der Waals surface area (Å²) in [5.41, 5.74) is 2.38. The third kappa shape index (κ3) is 1.98. The lowest BCUT2D eigenvalue weighted by molar-refractivity contribution is 0.379. The molecule has 0 radical (unpaired) electrons. The quantitative estimate of drug-likeness (QED) is 0.857. The predicted octanol–water partition coefficient (Wildman–Crippen LogP) is 1.27. The zero-order valence-corrected chi connectivity index (χ0v) is 9.60. The summed E-state index contributed by atoms with van der Waals surface area (Å²) >= 11 is 0. The molecule has 0 saturated heterocycles. The van der Waals surface area contributed by atoms with E-state index in [4.69, 9.17) is 4.52 Å². The Kier molecular flexibility index (Phi) is 2.47. The molecule has 3 rings (SSSR count). The highest BCUT2D eigenvalue weighted by Gasteiger charge is 2.17. The summed E-state index contributed by atoms with van der Waals surface area (Å²) in [7, 11) is 0. The highest BCUT2D eigenvalue weighted by Crippen LogP contribution is 2.25. The largest absolute Gasteiger partial charge is 0.361 e. The molecule has 1 aliphatic rings. The molecule has 0 unspecified atom stereocenters. The van der Waals surface area contributed by atoms with Gasteiger partial charge in [-0.25, -0.2) is 9.97 Å². The van der Waals surface area contributed by atoms with Gasteiger partial charge in [-0.15, -0.1) is 0 Å². The second-order valence-electron chi connectivity index (χ2n) is 4.09. The number of anilines is 1. The van der Waals surface area contributed by atoms with Gasteiger partial charge < -0.3 is 9.84 Å². The van der Waals surface area contributed by atoms with Crippen LogP contribution in [0.25, 0.3) is 0 Å². The smallest absolute Gasteiger partial charge is 0.245 e. The maximum absolute atomic E-state index is 5.04. The molecule has 88 valence electrons. The maximum Gasteiger partial charge on any atom is 0.245 e. The van der Waals surface area contributed by atoms with E-state index in [-0.39, 0.29) is 0 Å². The van der Waals surface area contributed by atoms with Gasteiger partial charge in [-0.2, -0.15) is 4.98 Å². The average molecular weight is 231 g/mol. The van der Waals surface area contributed by atoms with Gasteiger partial charge in [0.2, 0.25) is 5.89 Å². The van der Waals surface area contributed by atoms with Crippen molar-refractivity contribution < 1.29 is 4.52 Å². The Hall–Kier alpha value is -1.98. The molecule has 1 aliphatic carbocycles. The topological polar surface area (TPSA) is 76.7 Å². The van der Waals surface area contributed by atoms with Crippen LogP contribution in [0.15, 0.2) is 10.9 Å². The van der Waals surface area contributed by atoms with Crippen LogP contribution in [0.4, 0.5) is 5.82 Å². The second-order valence-corrected chi connectivity index (χ2v) is 4.09. The van der Waals surface area contributed by atoms with Crippen LogP contribution in [-0.4, -0.2) is 20.1 Å². The number of nitrogens with one attached hydrogen (secondary N) is 1. The molecule has 0 bridgehead atoms. The summed E-state index contributed by atoms with van der Waals surface area (Å²) < 4.78 is 5.04. The van der Waals surface area contributed by atoms with E-state index < -0.39 is 0 Å². The van der Waals surface area contributed by atoms with Gasteiger partial charge in [0, 0.05) is 11.3 Å². The highest BCUT2D eigenvalue weighted by atomic mass is 16.5. The molecule has 0 spiro atoms. The first-order valence-corrected chi connectivity index (χ1v) is 5.69. The lowest BCUT2D eigenvalue weighted by Crippen LogP contribution is -2.05. The van der Waals surface area contributed by atoms with E-state index in [9.17, 15) is 0 Å². The minimum atomic E-state index is 0.504. The van der Waals surface area contributed by atoms with E-state index in [1.54, 1.807) is 13.3 Å². The van der Waals surface area contributed by atoms with Crippen LogP contribution in [0, 0.1) is 6.92 Å². The lowest BCUT2D eigenvalue weighted by Gasteiger charge is -2.06. The molecule has 0 atom stereocenters. The minimum Gasteiger partial charge on any atom is -0.361 e. The summed E-state index contributed by atoms with van der Waals surface area (Å²) in [5.74, 6) is 2.12. The fraction of sp³-hybridized carbons (Fsp3) is 0.455. The molecule has 2 aromatic rings. The number of aryl methyl sites for hydroxylation is 2. The summed E-state index contributed by atoms with van der Waals surface area (Å²) in [6, 6.07) is 0. The molecular formula is C11H13N5O. The van der Waals surface area contributed by atoms with Gasteiger partial charge in [-0.3, -0.25) is 0 Å². The van der Waals surface area contributed by atoms with Crippen molar-refractivity contribution in [3.8, 4) is 0 Å². The number of hydrogen-bond acceptors (Lipinski definition) is 6. The fourth-order valence-corrected chi connectivity index (χ4v) is 2.08. The van der Waals surface area contributed by atoms with E-state index >= 15 is 0 Å². The summed E-state index contributed by atoms with van der Waals surface area (Å²) in [5, 5.41) is 6.97. The normalized spacial score (nSPS) is 13.7. The van der Waals surface area contributed by atoms with Crippen LogP contribution >= 0.6 is 0 Å². The van der Waals surface area contributed by atoms with Gasteiger partial charge in [0.15, 0.2) is 5.82 Å². The Morgan fingerprint density at radius 1 is 1.35 bits per heavy atom. The number of nitrogens with zero attached hydrogens (tertiary/aromatic N) is 4. The van der Waals surface area contributed by atoms with E-state index in [1.807, 2.05) is 0 Å². The van der Waals surface area contributed by atoms with Crippen molar-refractivity contribution in [3.63, 3.8) is 0 Å². The van der Waals surface area contributed by atoms with Gasteiger partial charge in [-0.05, 0) is 26.2 Å². The monoisotopic (exact) mass is 231 g/mol. The molecule has 0 fully saturated rings. The van der Waals surface area contributed by atoms with Crippen molar-refractivity contribution in [1.82, 2.24) is 20.1 Å². The van der Waals surface area contributed by atoms with E-state index in [0.29, 0.717) is 18.3 Å². The molecule has 0 amide bonds. The molecule has 0 aromatic carbocycles. The molecule has 2 aromatic heterocycles. The lowest BCUT2D eigenvalue weighted by atomic mass is 10.2. The Bertz CT molecular complexity index is 536. The van der Waals surface area contributed by atoms with Gasteiger partial charge in [-0.1, -0.05) is 5.16 Å². The number of fused-ring (bicyclic) bond motifs is 1. The molecule has 17 heavy (non-hydrogen) atoms. The molecule has 0 saturated carbocycles. The first kappa shape index (κ1) is 10.2. The summed E-state index contributed by atoms with van der Waals surface area (Å²) in [6.45, 7) is 2.31. The van der Waals surface area contributed by atoms with Crippen LogP contribution in [0.2, 0.25) is 0 Å². The second kappa shape index (κ2) is 4.12. The molecule has 6 heteroatoms. The van der Waals surface area contributed by atoms with E-state index in [0.717, 1.165) is 30.8 Å².